The smallest absolute Gasteiger partial charge is 0.431 e. The molecule has 4 aromatic rings. The Morgan fingerprint density at radius 1 is 1.09 bits per heavy atom. The van der Waals surface area contributed by atoms with Crippen molar-refractivity contribution in [3.8, 4) is 17.3 Å². The number of nitrogens with zero attached hydrogens (tertiary/aromatic N) is 2. The monoisotopic (exact) mass is 294 g/mol. The summed E-state index contributed by atoms with van der Waals surface area (Å²) in [5.74, 6) is 0.219. The second-order valence-electron chi connectivity index (χ2n) is 4.99. The number of rotatable bonds is 2. The van der Waals surface area contributed by atoms with E-state index >= 15 is 0 Å². The molecule has 0 fully saturated rings. The number of hydrogen-bond donors (Lipinski definition) is 1. The van der Waals surface area contributed by atoms with Crippen molar-refractivity contribution in [2.75, 3.05) is 0 Å². The first-order valence-electron chi connectivity index (χ1n) is 6.79. The molecular weight excluding hydrogens is 282 g/mol. The number of hydrogen-bond acceptors (Lipinski definition) is 4. The molecule has 0 radical (unpaired) electrons. The molecular formula is C16H12N3O3+. The molecule has 2 heterocycles. The first-order chi connectivity index (χ1) is 10.7. The van der Waals surface area contributed by atoms with Crippen LogP contribution in [-0.4, -0.2) is 10.3 Å². The fourth-order valence-electron chi connectivity index (χ4n) is 2.30. The summed E-state index contributed by atoms with van der Waals surface area (Å²) in [6.45, 7) is 1.99. The Balaban J connectivity index is 1.93. The predicted molar refractivity (Wildman–Crippen MR) is 78.6 cm³/mol. The normalized spacial score (nSPS) is 11.1. The van der Waals surface area contributed by atoms with Crippen molar-refractivity contribution in [2.24, 2.45) is 0 Å². The Morgan fingerprint density at radius 2 is 1.86 bits per heavy atom. The third kappa shape index (κ3) is 1.93. The Labute approximate surface area is 124 Å². The van der Waals surface area contributed by atoms with Crippen LogP contribution in [0.5, 0.6) is 0 Å². The molecule has 0 unspecified atom stereocenters. The van der Waals surface area contributed by atoms with E-state index in [4.69, 9.17) is 8.94 Å². The van der Waals surface area contributed by atoms with Gasteiger partial charge >= 0.3 is 17.2 Å². The molecule has 4 rings (SSSR count). The van der Waals surface area contributed by atoms with Crippen LogP contribution in [0, 0.1) is 6.92 Å². The lowest BCUT2D eigenvalue weighted by Gasteiger charge is -1.92. The summed E-state index contributed by atoms with van der Waals surface area (Å²) in [6.07, 6.45) is 0. The van der Waals surface area contributed by atoms with Gasteiger partial charge < -0.3 is 4.42 Å². The molecule has 0 saturated heterocycles. The van der Waals surface area contributed by atoms with E-state index in [1.807, 2.05) is 49.4 Å². The van der Waals surface area contributed by atoms with Crippen molar-refractivity contribution in [2.45, 2.75) is 6.92 Å². The van der Waals surface area contributed by atoms with Gasteiger partial charge in [0.2, 0.25) is 5.69 Å². The highest BCUT2D eigenvalue weighted by atomic mass is 16.5. The lowest BCUT2D eigenvalue weighted by Crippen LogP contribution is -2.36. The highest BCUT2D eigenvalue weighted by Gasteiger charge is 2.30. The van der Waals surface area contributed by atoms with Gasteiger partial charge in [-0.15, -0.1) is 0 Å². The largest absolute Gasteiger partial charge is 0.440 e. The van der Waals surface area contributed by atoms with Gasteiger partial charge in [0.25, 0.3) is 0 Å². The van der Waals surface area contributed by atoms with Crippen molar-refractivity contribution in [3.05, 3.63) is 64.5 Å². The third-order valence-electron chi connectivity index (χ3n) is 3.44. The molecule has 0 atom stereocenters. The molecule has 6 heteroatoms. The van der Waals surface area contributed by atoms with Crippen molar-refractivity contribution in [1.82, 2.24) is 10.3 Å². The molecule has 0 bridgehead atoms. The van der Waals surface area contributed by atoms with Crippen LogP contribution in [0.25, 0.3) is 28.4 Å². The van der Waals surface area contributed by atoms with E-state index in [1.165, 1.54) is 4.68 Å². The number of para-hydroxylation sites is 2. The Hall–Kier alpha value is -3.15. The third-order valence-corrected chi connectivity index (χ3v) is 3.44. The molecule has 0 amide bonds. The van der Waals surface area contributed by atoms with Crippen LogP contribution in [0.4, 0.5) is 0 Å². The number of aromatic amines is 1. The van der Waals surface area contributed by atoms with Gasteiger partial charge in [0.05, 0.1) is 0 Å². The van der Waals surface area contributed by atoms with Gasteiger partial charge in [-0.25, -0.2) is 9.78 Å². The molecule has 0 aliphatic heterocycles. The standard InChI is InChI=1S/C16H11N3O3/c1-10-6-8-11(9-7-10)19-14(16(20)22-18-19)15-17-12-4-2-3-5-13(12)21-15/h2-9H,1H3/p+1. The fourth-order valence-corrected chi connectivity index (χ4v) is 2.30. The van der Waals surface area contributed by atoms with E-state index < -0.39 is 5.63 Å². The van der Waals surface area contributed by atoms with Crippen LogP contribution >= 0.6 is 0 Å². The lowest BCUT2D eigenvalue weighted by atomic mass is 10.2. The number of aromatic nitrogens is 3. The maximum atomic E-state index is 12.0. The van der Waals surface area contributed by atoms with Crippen LogP contribution in [0.2, 0.25) is 0 Å². The van der Waals surface area contributed by atoms with Crippen LogP contribution in [-0.2, 0) is 0 Å². The minimum absolute atomic E-state index is 0.219. The highest BCUT2D eigenvalue weighted by molar-refractivity contribution is 5.74. The predicted octanol–water partition coefficient (Wildman–Crippen LogP) is 2.36. The number of aryl methyl sites for hydroxylation is 1. The SMILES string of the molecule is Cc1ccc(-[n+]2[nH]oc(=O)c2-c2nc3ccccc3o2)cc1. The Kier molecular flexibility index (Phi) is 2.69. The molecule has 0 aliphatic carbocycles. The minimum Gasteiger partial charge on any atom is -0.431 e. The molecule has 0 saturated carbocycles. The summed E-state index contributed by atoms with van der Waals surface area (Å²) in [4.78, 5) is 16.4. The summed E-state index contributed by atoms with van der Waals surface area (Å²) in [5, 5.41) is 2.58. The van der Waals surface area contributed by atoms with Crippen molar-refractivity contribution >= 4 is 11.1 Å². The summed E-state index contributed by atoms with van der Waals surface area (Å²) in [7, 11) is 0. The van der Waals surface area contributed by atoms with Crippen molar-refractivity contribution < 1.29 is 13.6 Å². The van der Waals surface area contributed by atoms with E-state index in [2.05, 4.69) is 10.3 Å². The Bertz CT molecular complexity index is 976. The Morgan fingerprint density at radius 3 is 2.64 bits per heavy atom. The number of benzene rings is 2. The van der Waals surface area contributed by atoms with Crippen molar-refractivity contribution in [3.63, 3.8) is 0 Å². The maximum absolute atomic E-state index is 12.0. The second-order valence-corrected chi connectivity index (χ2v) is 4.99. The topological polar surface area (TPSA) is 75.9 Å². The molecule has 6 nitrogen and oxygen atoms in total. The van der Waals surface area contributed by atoms with Crippen LogP contribution in [0.15, 0.2) is 62.3 Å². The number of oxazole rings is 1. The molecule has 2 aromatic carbocycles. The van der Waals surface area contributed by atoms with E-state index in [0.29, 0.717) is 11.1 Å². The maximum Gasteiger partial charge on any atom is 0.440 e. The summed E-state index contributed by atoms with van der Waals surface area (Å²) >= 11 is 0. The van der Waals surface area contributed by atoms with Crippen LogP contribution < -0.4 is 10.3 Å². The molecule has 0 spiro atoms. The first-order valence-corrected chi connectivity index (χ1v) is 6.79. The fraction of sp³-hybridized carbons (Fsp3) is 0.0625. The number of fused-ring (bicyclic) bond motifs is 1. The first kappa shape index (κ1) is 12.6. The summed E-state index contributed by atoms with van der Waals surface area (Å²) in [5.41, 5.74) is 2.88. The quantitative estimate of drug-likeness (QED) is 0.576. The lowest BCUT2D eigenvalue weighted by molar-refractivity contribution is -0.660. The summed E-state index contributed by atoms with van der Waals surface area (Å²) in [6, 6.07) is 15.0. The van der Waals surface area contributed by atoms with Gasteiger partial charge in [0.1, 0.15) is 5.52 Å². The average molecular weight is 294 g/mol. The molecule has 0 aliphatic rings. The van der Waals surface area contributed by atoms with Gasteiger partial charge in [-0.05, 0) is 29.0 Å². The average Bonchev–Trinajstić information content (AvgIpc) is 3.11. The van der Waals surface area contributed by atoms with E-state index in [9.17, 15) is 4.79 Å². The van der Waals surface area contributed by atoms with E-state index in [-0.39, 0.29) is 11.6 Å². The summed E-state index contributed by atoms with van der Waals surface area (Å²) < 4.78 is 12.1. The zero-order valence-corrected chi connectivity index (χ0v) is 11.7. The van der Waals surface area contributed by atoms with E-state index in [0.717, 1.165) is 11.3 Å². The highest BCUT2D eigenvalue weighted by Crippen LogP contribution is 2.20. The second kappa shape index (κ2) is 4.70. The van der Waals surface area contributed by atoms with Gasteiger partial charge in [-0.1, -0.05) is 29.8 Å². The zero-order chi connectivity index (χ0) is 15.1. The number of nitrogens with one attached hydrogen (secondary N) is 1. The zero-order valence-electron chi connectivity index (χ0n) is 11.7. The van der Waals surface area contributed by atoms with Gasteiger partial charge in [-0.2, -0.15) is 0 Å². The molecule has 108 valence electrons. The molecule has 22 heavy (non-hydrogen) atoms. The number of H-pyrrole nitrogens is 1. The van der Waals surface area contributed by atoms with Gasteiger partial charge in [0, 0.05) is 12.1 Å². The van der Waals surface area contributed by atoms with Crippen molar-refractivity contribution in [1.29, 1.82) is 0 Å². The van der Waals surface area contributed by atoms with Gasteiger partial charge in [-0.3, -0.25) is 4.52 Å². The molecule has 1 N–H and O–H groups in total. The van der Waals surface area contributed by atoms with Crippen LogP contribution in [0.1, 0.15) is 5.56 Å². The van der Waals surface area contributed by atoms with Crippen LogP contribution in [0.3, 0.4) is 0 Å². The van der Waals surface area contributed by atoms with E-state index in [1.54, 1.807) is 6.07 Å². The van der Waals surface area contributed by atoms with Gasteiger partial charge in [0.15, 0.2) is 5.58 Å². The minimum atomic E-state index is -0.535. The molecule has 2 aromatic heterocycles.